The maximum atomic E-state index is 12.5. The first kappa shape index (κ1) is 18.0. The Labute approximate surface area is 138 Å². The van der Waals surface area contributed by atoms with Gasteiger partial charge in [0, 0.05) is 6.54 Å². The Bertz CT molecular complexity index is 654. The van der Waals surface area contributed by atoms with Crippen LogP contribution in [0, 0.1) is 0 Å². The van der Waals surface area contributed by atoms with Crippen LogP contribution in [0.5, 0.6) is 0 Å². The third kappa shape index (κ3) is 5.09. The Morgan fingerprint density at radius 2 is 1.67 bits per heavy atom. The van der Waals surface area contributed by atoms with E-state index in [2.05, 4.69) is 5.32 Å². The van der Waals surface area contributed by atoms with Crippen molar-refractivity contribution >= 4 is 5.91 Å². The monoisotopic (exact) mass is 337 g/mol. The highest BCUT2D eigenvalue weighted by molar-refractivity contribution is 5.81. The topological polar surface area (TPSA) is 49.3 Å². The summed E-state index contributed by atoms with van der Waals surface area (Å²) in [5, 5.41) is 12.5. The highest BCUT2D eigenvalue weighted by Crippen LogP contribution is 2.29. The second-order valence-corrected chi connectivity index (χ2v) is 5.40. The van der Waals surface area contributed by atoms with Gasteiger partial charge in [-0.3, -0.25) is 4.79 Å². The molecule has 2 aromatic carbocycles. The zero-order chi connectivity index (χ0) is 17.6. The summed E-state index contributed by atoms with van der Waals surface area (Å²) in [7, 11) is 0. The summed E-state index contributed by atoms with van der Waals surface area (Å²) in [5.41, 5.74) is 0.459. The first-order valence-electron chi connectivity index (χ1n) is 7.55. The lowest BCUT2D eigenvalue weighted by molar-refractivity contribution is -0.137. The zero-order valence-corrected chi connectivity index (χ0v) is 12.9. The largest absolute Gasteiger partial charge is 0.416 e. The van der Waals surface area contributed by atoms with Gasteiger partial charge in [0.05, 0.1) is 5.56 Å². The van der Waals surface area contributed by atoms with E-state index in [0.29, 0.717) is 13.0 Å². The van der Waals surface area contributed by atoms with Gasteiger partial charge >= 0.3 is 6.18 Å². The quantitative estimate of drug-likeness (QED) is 0.793. The van der Waals surface area contributed by atoms with E-state index < -0.39 is 23.8 Å². The molecule has 0 spiro atoms. The number of halogens is 3. The fourth-order valence-corrected chi connectivity index (χ4v) is 2.25. The molecule has 0 saturated carbocycles. The number of amides is 1. The second kappa shape index (κ2) is 7.97. The van der Waals surface area contributed by atoms with Gasteiger partial charge < -0.3 is 10.4 Å². The molecule has 2 N–H and O–H groups in total. The molecule has 1 atom stereocenters. The van der Waals surface area contributed by atoms with Gasteiger partial charge in [-0.25, -0.2) is 0 Å². The first-order valence-corrected chi connectivity index (χ1v) is 7.55. The fourth-order valence-electron chi connectivity index (χ4n) is 2.25. The molecule has 2 rings (SSSR count). The van der Waals surface area contributed by atoms with Crippen LogP contribution in [0.3, 0.4) is 0 Å². The minimum absolute atomic E-state index is 0.128. The van der Waals surface area contributed by atoms with E-state index in [1.165, 1.54) is 0 Å². The van der Waals surface area contributed by atoms with Crippen molar-refractivity contribution in [2.24, 2.45) is 0 Å². The third-order valence-corrected chi connectivity index (χ3v) is 3.59. The average Bonchev–Trinajstić information content (AvgIpc) is 2.58. The highest BCUT2D eigenvalue weighted by Gasteiger charge is 2.30. The van der Waals surface area contributed by atoms with Gasteiger partial charge in [0.15, 0.2) is 6.10 Å². The van der Waals surface area contributed by atoms with Crippen molar-refractivity contribution in [3.8, 4) is 0 Å². The van der Waals surface area contributed by atoms with Crippen molar-refractivity contribution < 1.29 is 23.1 Å². The Morgan fingerprint density at radius 1 is 1.04 bits per heavy atom. The lowest BCUT2D eigenvalue weighted by Crippen LogP contribution is -2.30. The van der Waals surface area contributed by atoms with Crippen LogP contribution in [0.15, 0.2) is 54.6 Å². The van der Waals surface area contributed by atoms with Gasteiger partial charge in [-0.2, -0.15) is 13.2 Å². The average molecular weight is 337 g/mol. The number of aliphatic hydroxyl groups excluding tert-OH is 1. The number of aryl methyl sites for hydroxylation is 1. The molecule has 0 fully saturated rings. The molecule has 0 aliphatic rings. The highest BCUT2D eigenvalue weighted by atomic mass is 19.4. The van der Waals surface area contributed by atoms with Crippen molar-refractivity contribution in [1.82, 2.24) is 5.32 Å². The van der Waals surface area contributed by atoms with E-state index in [1.807, 2.05) is 30.3 Å². The molecular weight excluding hydrogens is 319 g/mol. The minimum atomic E-state index is -4.44. The fraction of sp³-hybridized carbons (Fsp3) is 0.278. The Morgan fingerprint density at radius 3 is 2.25 bits per heavy atom. The maximum Gasteiger partial charge on any atom is 0.416 e. The molecule has 0 bridgehead atoms. The van der Waals surface area contributed by atoms with E-state index in [0.717, 1.165) is 36.2 Å². The summed E-state index contributed by atoms with van der Waals surface area (Å²) in [5.74, 6) is -0.622. The molecular formula is C18H18F3NO2. The summed E-state index contributed by atoms with van der Waals surface area (Å²) < 4.78 is 37.4. The molecule has 128 valence electrons. The van der Waals surface area contributed by atoms with Crippen molar-refractivity contribution in [3.05, 3.63) is 71.3 Å². The number of nitrogens with one attached hydrogen (secondary N) is 1. The molecule has 24 heavy (non-hydrogen) atoms. The molecule has 3 nitrogen and oxygen atoms in total. The van der Waals surface area contributed by atoms with Crippen LogP contribution < -0.4 is 5.32 Å². The second-order valence-electron chi connectivity index (χ2n) is 5.40. The number of hydrogen-bond acceptors (Lipinski definition) is 2. The number of aliphatic hydroxyl groups is 1. The Balaban J connectivity index is 1.81. The van der Waals surface area contributed by atoms with Crippen LogP contribution in [0.1, 0.15) is 29.2 Å². The van der Waals surface area contributed by atoms with E-state index in [-0.39, 0.29) is 5.56 Å². The van der Waals surface area contributed by atoms with Crippen molar-refractivity contribution in [3.63, 3.8) is 0 Å². The predicted molar refractivity (Wildman–Crippen MR) is 84.2 cm³/mol. The molecule has 0 heterocycles. The van der Waals surface area contributed by atoms with Crippen molar-refractivity contribution in [2.45, 2.75) is 25.1 Å². The summed E-state index contributed by atoms with van der Waals surface area (Å²) in [6.45, 7) is 0.380. The summed E-state index contributed by atoms with van der Waals surface area (Å²) in [6.07, 6.45) is -4.43. The smallest absolute Gasteiger partial charge is 0.378 e. The summed E-state index contributed by atoms with van der Waals surface area (Å²) >= 11 is 0. The van der Waals surface area contributed by atoms with Gasteiger partial charge in [0.1, 0.15) is 0 Å². The van der Waals surface area contributed by atoms with Crippen molar-refractivity contribution in [1.29, 1.82) is 0 Å². The lowest BCUT2D eigenvalue weighted by atomic mass is 10.1. The number of benzene rings is 2. The summed E-state index contributed by atoms with van der Waals surface area (Å²) in [4.78, 5) is 11.9. The maximum absolute atomic E-state index is 12.5. The Hall–Kier alpha value is -2.34. The van der Waals surface area contributed by atoms with E-state index in [1.54, 1.807) is 0 Å². The number of hydrogen-bond donors (Lipinski definition) is 2. The minimum Gasteiger partial charge on any atom is -0.378 e. The molecule has 2 aromatic rings. The van der Waals surface area contributed by atoms with Crippen LogP contribution in [0.2, 0.25) is 0 Å². The van der Waals surface area contributed by atoms with Gasteiger partial charge in [-0.1, -0.05) is 42.5 Å². The molecule has 6 heteroatoms. The lowest BCUT2D eigenvalue weighted by Gasteiger charge is -2.13. The standard InChI is InChI=1S/C18H18F3NO2/c19-18(20,21)15-10-8-14(9-11-15)16(23)17(24)22-12-4-7-13-5-2-1-3-6-13/h1-3,5-6,8-11,16,23H,4,7,12H2,(H,22,24). The molecule has 0 aliphatic carbocycles. The van der Waals surface area contributed by atoms with Crippen LogP contribution >= 0.6 is 0 Å². The van der Waals surface area contributed by atoms with E-state index >= 15 is 0 Å². The zero-order valence-electron chi connectivity index (χ0n) is 12.9. The van der Waals surface area contributed by atoms with Crippen LogP contribution in [0.25, 0.3) is 0 Å². The van der Waals surface area contributed by atoms with Crippen molar-refractivity contribution in [2.75, 3.05) is 6.54 Å². The first-order chi connectivity index (χ1) is 11.4. The van der Waals surface area contributed by atoms with Crippen LogP contribution in [-0.2, 0) is 17.4 Å². The molecule has 0 aliphatic heterocycles. The molecule has 0 radical (unpaired) electrons. The Kier molecular flexibility index (Phi) is 5.98. The predicted octanol–water partition coefficient (Wildman–Crippen LogP) is 3.49. The third-order valence-electron chi connectivity index (χ3n) is 3.59. The van der Waals surface area contributed by atoms with Gasteiger partial charge in [0.25, 0.3) is 5.91 Å². The number of alkyl halides is 3. The van der Waals surface area contributed by atoms with Gasteiger partial charge in [-0.05, 0) is 36.1 Å². The van der Waals surface area contributed by atoms with E-state index in [9.17, 15) is 23.1 Å². The number of carbonyl (C=O) groups excluding carboxylic acids is 1. The van der Waals surface area contributed by atoms with Crippen LogP contribution in [-0.4, -0.2) is 17.6 Å². The van der Waals surface area contributed by atoms with E-state index in [4.69, 9.17) is 0 Å². The molecule has 1 amide bonds. The number of carbonyl (C=O) groups is 1. The van der Waals surface area contributed by atoms with Gasteiger partial charge in [0.2, 0.25) is 0 Å². The normalized spacial score (nSPS) is 12.7. The van der Waals surface area contributed by atoms with Gasteiger partial charge in [-0.15, -0.1) is 0 Å². The number of rotatable bonds is 6. The SMILES string of the molecule is O=C(NCCCc1ccccc1)C(O)c1ccc(C(F)(F)F)cc1. The van der Waals surface area contributed by atoms with Crippen LogP contribution in [0.4, 0.5) is 13.2 Å². The molecule has 1 unspecified atom stereocenters. The molecule has 0 saturated heterocycles. The summed E-state index contributed by atoms with van der Waals surface area (Å²) in [6, 6.07) is 13.7. The molecule has 0 aromatic heterocycles.